The van der Waals surface area contributed by atoms with Crippen molar-refractivity contribution in [1.82, 2.24) is 4.90 Å². The average Bonchev–Trinajstić information content (AvgIpc) is 2.62. The molecule has 0 aliphatic heterocycles. The highest BCUT2D eigenvalue weighted by molar-refractivity contribution is 7.92. The molecular weight excluding hydrogens is 372 g/mol. The quantitative estimate of drug-likeness (QED) is 0.735. The predicted molar refractivity (Wildman–Crippen MR) is 114 cm³/mol. The summed E-state index contributed by atoms with van der Waals surface area (Å²) in [6.07, 6.45) is 0.927. The van der Waals surface area contributed by atoms with Gasteiger partial charge in [-0.2, -0.15) is 0 Å². The van der Waals surface area contributed by atoms with Crippen molar-refractivity contribution in [2.45, 2.75) is 52.0 Å². The Kier molecular flexibility index (Phi) is 6.88. The minimum atomic E-state index is -3.69. The van der Waals surface area contributed by atoms with Crippen molar-refractivity contribution in [3.63, 3.8) is 0 Å². The molecule has 2 aromatic rings. The van der Waals surface area contributed by atoms with Gasteiger partial charge in [0, 0.05) is 24.3 Å². The molecule has 0 aromatic heterocycles. The van der Waals surface area contributed by atoms with Crippen LogP contribution in [0.3, 0.4) is 0 Å². The molecule has 152 valence electrons. The number of nitrogens with one attached hydrogen (secondary N) is 1. The topological polar surface area (TPSA) is 66.5 Å². The summed E-state index contributed by atoms with van der Waals surface area (Å²) >= 11 is 0. The van der Waals surface area contributed by atoms with E-state index >= 15 is 0 Å². The van der Waals surface area contributed by atoms with Crippen LogP contribution in [-0.2, 0) is 10.0 Å². The number of hydrogen-bond acceptors (Lipinski definition) is 3. The van der Waals surface area contributed by atoms with Crippen molar-refractivity contribution in [1.29, 1.82) is 0 Å². The summed E-state index contributed by atoms with van der Waals surface area (Å²) in [5.41, 5.74) is 2.53. The third-order valence-electron chi connectivity index (χ3n) is 4.81. The first-order chi connectivity index (χ1) is 13.0. The minimum Gasteiger partial charge on any atom is -0.339 e. The van der Waals surface area contributed by atoms with Crippen LogP contribution >= 0.6 is 0 Å². The lowest BCUT2D eigenvalue weighted by molar-refractivity contribution is 0.0728. The van der Waals surface area contributed by atoms with Gasteiger partial charge in [-0.15, -0.1) is 0 Å². The van der Waals surface area contributed by atoms with Gasteiger partial charge in [0.05, 0.1) is 4.90 Å². The summed E-state index contributed by atoms with van der Waals surface area (Å²) in [7, 11) is -1.89. The molecule has 1 N–H and O–H groups in total. The van der Waals surface area contributed by atoms with E-state index in [-0.39, 0.29) is 16.8 Å². The zero-order valence-corrected chi connectivity index (χ0v) is 18.3. The number of aryl methyl sites for hydroxylation is 2. The van der Waals surface area contributed by atoms with Gasteiger partial charge in [0.15, 0.2) is 0 Å². The smallest absolute Gasteiger partial charge is 0.262 e. The Hall–Kier alpha value is -2.34. The third kappa shape index (κ3) is 5.35. The van der Waals surface area contributed by atoms with Crippen molar-refractivity contribution in [3.8, 4) is 0 Å². The highest BCUT2D eigenvalue weighted by Gasteiger charge is 2.20. The van der Waals surface area contributed by atoms with Crippen molar-refractivity contribution in [3.05, 3.63) is 59.2 Å². The predicted octanol–water partition coefficient (Wildman–Crippen LogP) is 4.61. The molecule has 2 rings (SSSR count). The zero-order valence-electron chi connectivity index (χ0n) is 17.5. The maximum atomic E-state index is 12.7. The molecule has 28 heavy (non-hydrogen) atoms. The van der Waals surface area contributed by atoms with E-state index in [2.05, 4.69) is 18.6 Å². The number of carbonyl (C=O) groups is 1. The molecule has 0 spiro atoms. The van der Waals surface area contributed by atoms with Crippen LogP contribution in [0, 0.1) is 19.8 Å². The standard InChI is InChI=1S/C22H30N2O3S/c1-15(2)13-18(5)24(6)22(25)19-9-11-20(12-10-19)23-28(26,27)21-14-16(3)7-8-17(21)4/h7-12,14-15,18,23H,13H2,1-6H3. The van der Waals surface area contributed by atoms with E-state index in [9.17, 15) is 13.2 Å². The Bertz CT molecular complexity index is 935. The van der Waals surface area contributed by atoms with Gasteiger partial charge >= 0.3 is 0 Å². The molecule has 0 aliphatic rings. The number of benzene rings is 2. The molecule has 0 heterocycles. The summed E-state index contributed by atoms with van der Waals surface area (Å²) in [4.78, 5) is 14.6. The monoisotopic (exact) mass is 402 g/mol. The SMILES string of the molecule is Cc1ccc(C)c(S(=O)(=O)Nc2ccc(C(=O)N(C)C(C)CC(C)C)cc2)c1. The van der Waals surface area contributed by atoms with Crippen molar-refractivity contribution >= 4 is 21.6 Å². The van der Waals surface area contributed by atoms with E-state index in [1.807, 2.05) is 19.9 Å². The van der Waals surface area contributed by atoms with E-state index in [0.717, 1.165) is 12.0 Å². The van der Waals surface area contributed by atoms with Gasteiger partial charge in [-0.25, -0.2) is 8.42 Å². The Balaban J connectivity index is 2.16. The summed E-state index contributed by atoms with van der Waals surface area (Å²) in [6, 6.07) is 12.0. The number of nitrogens with zero attached hydrogens (tertiary/aromatic N) is 1. The van der Waals surface area contributed by atoms with E-state index < -0.39 is 10.0 Å². The number of rotatable bonds is 7. The van der Waals surface area contributed by atoms with Crippen LogP contribution in [0.15, 0.2) is 47.4 Å². The van der Waals surface area contributed by atoms with Crippen molar-refractivity contribution in [2.75, 3.05) is 11.8 Å². The van der Waals surface area contributed by atoms with Gasteiger partial charge in [0.1, 0.15) is 0 Å². The molecule has 2 aromatic carbocycles. The Morgan fingerprint density at radius 1 is 1.04 bits per heavy atom. The molecule has 0 bridgehead atoms. The normalized spacial score (nSPS) is 12.7. The molecular formula is C22H30N2O3S. The second-order valence-electron chi connectivity index (χ2n) is 7.85. The largest absolute Gasteiger partial charge is 0.339 e. The Labute approximate surface area is 168 Å². The zero-order chi connectivity index (χ0) is 21.1. The molecule has 0 radical (unpaired) electrons. The van der Waals surface area contributed by atoms with Crippen molar-refractivity contribution < 1.29 is 13.2 Å². The van der Waals surface area contributed by atoms with Crippen LogP contribution in [0.2, 0.25) is 0 Å². The maximum Gasteiger partial charge on any atom is 0.262 e. The molecule has 5 nitrogen and oxygen atoms in total. The summed E-state index contributed by atoms with van der Waals surface area (Å²) in [5, 5.41) is 0. The lowest BCUT2D eigenvalue weighted by atomic mass is 10.0. The molecule has 0 aliphatic carbocycles. The summed E-state index contributed by atoms with van der Waals surface area (Å²) in [6.45, 7) is 9.92. The fourth-order valence-corrected chi connectivity index (χ4v) is 4.52. The van der Waals surface area contributed by atoms with Crippen LogP contribution in [-0.4, -0.2) is 32.3 Å². The van der Waals surface area contributed by atoms with Gasteiger partial charge in [0.25, 0.3) is 15.9 Å². The number of carbonyl (C=O) groups excluding carboxylic acids is 1. The first-order valence-corrected chi connectivity index (χ1v) is 11.0. The summed E-state index contributed by atoms with van der Waals surface area (Å²) in [5.74, 6) is 0.434. The number of hydrogen-bond donors (Lipinski definition) is 1. The second kappa shape index (κ2) is 8.78. The fourth-order valence-electron chi connectivity index (χ4n) is 3.13. The number of amides is 1. The minimum absolute atomic E-state index is 0.0721. The Morgan fingerprint density at radius 3 is 2.21 bits per heavy atom. The average molecular weight is 403 g/mol. The molecule has 1 unspecified atom stereocenters. The second-order valence-corrected chi connectivity index (χ2v) is 9.50. The van der Waals surface area contributed by atoms with E-state index in [0.29, 0.717) is 22.7 Å². The number of sulfonamides is 1. The highest BCUT2D eigenvalue weighted by atomic mass is 32.2. The first kappa shape index (κ1) is 22.0. The van der Waals surface area contributed by atoms with Crippen LogP contribution in [0.5, 0.6) is 0 Å². The van der Waals surface area contributed by atoms with Crippen LogP contribution in [0.25, 0.3) is 0 Å². The lowest BCUT2D eigenvalue weighted by Crippen LogP contribution is -2.35. The fraction of sp³-hybridized carbons (Fsp3) is 0.409. The molecule has 0 fully saturated rings. The van der Waals surface area contributed by atoms with E-state index in [1.54, 1.807) is 55.3 Å². The van der Waals surface area contributed by atoms with Crippen LogP contribution in [0.1, 0.15) is 48.7 Å². The van der Waals surface area contributed by atoms with Gasteiger partial charge in [-0.05, 0) is 74.6 Å². The van der Waals surface area contributed by atoms with Crippen molar-refractivity contribution in [2.24, 2.45) is 5.92 Å². The molecule has 0 saturated heterocycles. The number of anilines is 1. The third-order valence-corrected chi connectivity index (χ3v) is 6.33. The van der Waals surface area contributed by atoms with Crippen LogP contribution < -0.4 is 4.72 Å². The highest BCUT2D eigenvalue weighted by Crippen LogP contribution is 2.21. The van der Waals surface area contributed by atoms with Gasteiger partial charge in [0.2, 0.25) is 0 Å². The van der Waals surface area contributed by atoms with Gasteiger partial charge < -0.3 is 4.90 Å². The van der Waals surface area contributed by atoms with Gasteiger partial charge in [-0.3, -0.25) is 9.52 Å². The molecule has 6 heteroatoms. The molecule has 1 amide bonds. The van der Waals surface area contributed by atoms with E-state index in [1.165, 1.54) is 0 Å². The first-order valence-electron chi connectivity index (χ1n) is 9.48. The molecule has 1 atom stereocenters. The lowest BCUT2D eigenvalue weighted by Gasteiger charge is -2.26. The van der Waals surface area contributed by atoms with E-state index in [4.69, 9.17) is 0 Å². The van der Waals surface area contributed by atoms with Gasteiger partial charge in [-0.1, -0.05) is 26.0 Å². The van der Waals surface area contributed by atoms with Crippen LogP contribution in [0.4, 0.5) is 5.69 Å². The molecule has 0 saturated carbocycles. The summed E-state index contributed by atoms with van der Waals surface area (Å²) < 4.78 is 28.0. The Morgan fingerprint density at radius 2 is 1.64 bits per heavy atom. The maximum absolute atomic E-state index is 12.7.